The third kappa shape index (κ3) is 3.68. The molecule has 1 N–H and O–H groups in total. The molecular weight excluding hydrogens is 250 g/mol. The molecule has 2 rings (SSSR count). The Bertz CT molecular complexity index is 472. The normalized spacial score (nSPS) is 14.3. The fraction of sp³-hybridized carbons (Fsp3) is 0.412. The molecule has 2 aromatic rings. The first-order valence-corrected chi connectivity index (χ1v) is 7.98. The zero-order chi connectivity index (χ0) is 13.7. The molecule has 19 heavy (non-hydrogen) atoms. The highest BCUT2D eigenvalue weighted by Gasteiger charge is 2.16. The van der Waals surface area contributed by atoms with Crippen LogP contribution in [0.2, 0.25) is 0 Å². The molecule has 0 saturated heterocycles. The minimum Gasteiger partial charge on any atom is -0.302 e. The molecule has 102 valence electrons. The van der Waals surface area contributed by atoms with E-state index in [0.29, 0.717) is 12.1 Å². The first-order valence-electron chi connectivity index (χ1n) is 7.10. The molecule has 0 fully saturated rings. The fourth-order valence-electron chi connectivity index (χ4n) is 2.38. The van der Waals surface area contributed by atoms with Crippen LogP contribution in [0.3, 0.4) is 0 Å². The predicted molar refractivity (Wildman–Crippen MR) is 84.7 cm³/mol. The Morgan fingerprint density at radius 1 is 1.00 bits per heavy atom. The van der Waals surface area contributed by atoms with Crippen LogP contribution in [0.4, 0.5) is 0 Å². The quantitative estimate of drug-likeness (QED) is 0.758. The Hall–Kier alpha value is -1.12. The molecule has 0 amide bonds. The highest BCUT2D eigenvalue weighted by molar-refractivity contribution is 7.10. The molecule has 0 aliphatic carbocycles. The van der Waals surface area contributed by atoms with Crippen molar-refractivity contribution in [3.8, 4) is 0 Å². The molecule has 0 radical (unpaired) electrons. The highest BCUT2D eigenvalue weighted by Crippen LogP contribution is 2.27. The van der Waals surface area contributed by atoms with Crippen molar-refractivity contribution in [2.45, 2.75) is 45.7 Å². The summed E-state index contributed by atoms with van der Waals surface area (Å²) in [5.74, 6) is 0. The summed E-state index contributed by atoms with van der Waals surface area (Å²) >= 11 is 1.84. The minimum absolute atomic E-state index is 0.438. The van der Waals surface area contributed by atoms with Gasteiger partial charge in [-0.05, 0) is 36.8 Å². The van der Waals surface area contributed by atoms with Crippen molar-refractivity contribution in [1.82, 2.24) is 5.32 Å². The van der Waals surface area contributed by atoms with Gasteiger partial charge in [0.15, 0.2) is 0 Å². The summed E-state index contributed by atoms with van der Waals surface area (Å²) in [5.41, 5.74) is 2.71. The van der Waals surface area contributed by atoms with Gasteiger partial charge in [-0.1, -0.05) is 49.7 Å². The number of rotatable bonds is 6. The van der Waals surface area contributed by atoms with Gasteiger partial charge in [0.05, 0.1) is 0 Å². The molecule has 0 saturated carbocycles. The number of hydrogen-bond acceptors (Lipinski definition) is 2. The summed E-state index contributed by atoms with van der Waals surface area (Å²) in [4.78, 5) is 1.44. The van der Waals surface area contributed by atoms with E-state index in [9.17, 15) is 0 Å². The van der Waals surface area contributed by atoms with E-state index in [1.165, 1.54) is 16.0 Å². The van der Waals surface area contributed by atoms with Crippen molar-refractivity contribution < 1.29 is 0 Å². The lowest BCUT2D eigenvalue weighted by molar-refractivity contribution is 0.430. The zero-order valence-electron chi connectivity index (χ0n) is 12.0. The molecule has 1 aromatic carbocycles. The van der Waals surface area contributed by atoms with Crippen molar-refractivity contribution in [2.75, 3.05) is 0 Å². The van der Waals surface area contributed by atoms with Crippen LogP contribution in [0.5, 0.6) is 0 Å². The lowest BCUT2D eigenvalue weighted by atomic mass is 10.0. The van der Waals surface area contributed by atoms with Gasteiger partial charge >= 0.3 is 0 Å². The second kappa shape index (κ2) is 6.88. The fourth-order valence-corrected chi connectivity index (χ4v) is 3.25. The molecule has 1 nitrogen and oxygen atoms in total. The summed E-state index contributed by atoms with van der Waals surface area (Å²) < 4.78 is 0. The van der Waals surface area contributed by atoms with Crippen molar-refractivity contribution in [2.24, 2.45) is 0 Å². The summed E-state index contributed by atoms with van der Waals surface area (Å²) in [7, 11) is 0. The number of nitrogens with one attached hydrogen (secondary N) is 1. The first kappa shape index (κ1) is 14.3. The SMILES string of the molecule is CCC(NC(CC)c1cccs1)c1ccc(C)cc1. The molecule has 0 spiro atoms. The maximum Gasteiger partial charge on any atom is 0.0417 e. The van der Waals surface area contributed by atoms with E-state index in [4.69, 9.17) is 0 Å². The van der Waals surface area contributed by atoms with Gasteiger partial charge < -0.3 is 5.32 Å². The van der Waals surface area contributed by atoms with Gasteiger partial charge in [-0.2, -0.15) is 0 Å². The molecule has 2 heteroatoms. The number of thiophene rings is 1. The molecule has 2 atom stereocenters. The van der Waals surface area contributed by atoms with Gasteiger partial charge in [0.25, 0.3) is 0 Å². The molecule has 0 aliphatic rings. The van der Waals surface area contributed by atoms with Crippen LogP contribution in [0.25, 0.3) is 0 Å². The van der Waals surface area contributed by atoms with Gasteiger partial charge in [-0.3, -0.25) is 0 Å². The average Bonchev–Trinajstić information content (AvgIpc) is 2.95. The Balaban J connectivity index is 2.11. The van der Waals surface area contributed by atoms with E-state index in [-0.39, 0.29) is 0 Å². The van der Waals surface area contributed by atoms with E-state index in [1.807, 2.05) is 11.3 Å². The second-order valence-electron chi connectivity index (χ2n) is 5.01. The zero-order valence-corrected chi connectivity index (χ0v) is 12.8. The van der Waals surface area contributed by atoms with E-state index < -0.39 is 0 Å². The highest BCUT2D eigenvalue weighted by atomic mass is 32.1. The Labute approximate surface area is 120 Å². The van der Waals surface area contributed by atoms with Crippen molar-refractivity contribution >= 4 is 11.3 Å². The van der Waals surface area contributed by atoms with Gasteiger partial charge in [0, 0.05) is 17.0 Å². The van der Waals surface area contributed by atoms with E-state index in [2.05, 4.69) is 67.9 Å². The number of benzene rings is 1. The van der Waals surface area contributed by atoms with Crippen molar-refractivity contribution in [3.63, 3.8) is 0 Å². The van der Waals surface area contributed by atoms with Crippen molar-refractivity contribution in [3.05, 3.63) is 57.8 Å². The molecule has 2 unspecified atom stereocenters. The molecular formula is C17H23NS. The minimum atomic E-state index is 0.438. The van der Waals surface area contributed by atoms with Gasteiger partial charge in [0.2, 0.25) is 0 Å². The third-order valence-corrected chi connectivity index (χ3v) is 4.57. The predicted octanol–water partition coefficient (Wildman–Crippen LogP) is 5.25. The van der Waals surface area contributed by atoms with Crippen LogP contribution in [0, 0.1) is 6.92 Å². The smallest absolute Gasteiger partial charge is 0.0417 e. The van der Waals surface area contributed by atoms with E-state index in [0.717, 1.165) is 12.8 Å². The summed E-state index contributed by atoms with van der Waals surface area (Å²) in [5, 5.41) is 5.96. The van der Waals surface area contributed by atoms with Crippen LogP contribution in [0.15, 0.2) is 41.8 Å². The molecule has 1 heterocycles. The van der Waals surface area contributed by atoms with Crippen LogP contribution in [-0.4, -0.2) is 0 Å². The lowest BCUT2D eigenvalue weighted by Gasteiger charge is -2.24. The maximum atomic E-state index is 3.80. The summed E-state index contributed by atoms with van der Waals surface area (Å²) in [6.07, 6.45) is 2.24. The van der Waals surface area contributed by atoms with Crippen LogP contribution in [-0.2, 0) is 0 Å². The van der Waals surface area contributed by atoms with Gasteiger partial charge in [0.1, 0.15) is 0 Å². The maximum absolute atomic E-state index is 3.80. The standard InChI is InChI=1S/C17H23NS/c1-4-15(14-10-8-13(3)9-11-14)18-16(5-2)17-7-6-12-19-17/h6-12,15-16,18H,4-5H2,1-3H3. The Morgan fingerprint density at radius 2 is 1.68 bits per heavy atom. The molecule has 0 bridgehead atoms. The Kier molecular flexibility index (Phi) is 5.17. The topological polar surface area (TPSA) is 12.0 Å². The van der Waals surface area contributed by atoms with Crippen LogP contribution < -0.4 is 5.32 Å². The monoisotopic (exact) mass is 273 g/mol. The Morgan fingerprint density at radius 3 is 2.21 bits per heavy atom. The summed E-state index contributed by atoms with van der Waals surface area (Å²) in [6.45, 7) is 6.64. The van der Waals surface area contributed by atoms with Crippen LogP contribution in [0.1, 0.15) is 54.8 Å². The van der Waals surface area contributed by atoms with Gasteiger partial charge in [-0.25, -0.2) is 0 Å². The second-order valence-corrected chi connectivity index (χ2v) is 5.99. The van der Waals surface area contributed by atoms with E-state index in [1.54, 1.807) is 0 Å². The molecule has 0 aliphatic heterocycles. The lowest BCUT2D eigenvalue weighted by Crippen LogP contribution is -2.25. The van der Waals surface area contributed by atoms with Gasteiger partial charge in [-0.15, -0.1) is 11.3 Å². The van der Waals surface area contributed by atoms with Crippen molar-refractivity contribution in [1.29, 1.82) is 0 Å². The molecule has 1 aromatic heterocycles. The van der Waals surface area contributed by atoms with E-state index >= 15 is 0 Å². The average molecular weight is 273 g/mol. The largest absolute Gasteiger partial charge is 0.302 e. The first-order chi connectivity index (χ1) is 9.24. The third-order valence-electron chi connectivity index (χ3n) is 3.59. The van der Waals surface area contributed by atoms with Crippen LogP contribution >= 0.6 is 11.3 Å². The number of aryl methyl sites for hydroxylation is 1. The number of hydrogen-bond donors (Lipinski definition) is 1. The summed E-state index contributed by atoms with van der Waals surface area (Å²) in [6, 6.07) is 14.2.